The average molecular weight is 296 g/mol. The van der Waals surface area contributed by atoms with E-state index in [1.165, 1.54) is 9.80 Å². The molecule has 8 nitrogen and oxygen atoms in total. The number of carbonyl (C=O) groups excluding carboxylic acids is 2. The predicted molar refractivity (Wildman–Crippen MR) is 79.2 cm³/mol. The fourth-order valence-corrected chi connectivity index (χ4v) is 2.10. The van der Waals surface area contributed by atoms with Crippen molar-refractivity contribution in [3.8, 4) is 0 Å². The van der Waals surface area contributed by atoms with Crippen molar-refractivity contribution in [2.24, 2.45) is 11.5 Å². The van der Waals surface area contributed by atoms with Gasteiger partial charge in [-0.15, -0.1) is 0 Å². The summed E-state index contributed by atoms with van der Waals surface area (Å²) in [4.78, 5) is 25.4. The van der Waals surface area contributed by atoms with E-state index in [1.54, 1.807) is 25.1 Å². The van der Waals surface area contributed by atoms with Crippen LogP contribution in [0.5, 0.6) is 0 Å². The number of aliphatic hydroxyl groups excluding tert-OH is 2. The molecule has 0 aromatic heterocycles. The Hall–Kier alpha value is -2.32. The zero-order valence-corrected chi connectivity index (χ0v) is 11.8. The molecule has 21 heavy (non-hydrogen) atoms. The van der Waals surface area contributed by atoms with Crippen LogP contribution >= 0.6 is 0 Å². The summed E-state index contributed by atoms with van der Waals surface area (Å²) < 4.78 is 0. The lowest BCUT2D eigenvalue weighted by Gasteiger charge is -2.26. The van der Waals surface area contributed by atoms with Crippen molar-refractivity contribution in [1.29, 1.82) is 0 Å². The molecule has 4 amide bonds. The van der Waals surface area contributed by atoms with Crippen LogP contribution in [0.2, 0.25) is 0 Å². The SMILES string of the molecule is Cc1c(N(CCO)C(N)=O)cccc1N(CCO)C(N)=O. The molecule has 0 spiro atoms. The topological polar surface area (TPSA) is 133 Å². The van der Waals surface area contributed by atoms with Gasteiger partial charge in [-0.05, 0) is 24.6 Å². The van der Waals surface area contributed by atoms with Gasteiger partial charge in [0.15, 0.2) is 0 Å². The van der Waals surface area contributed by atoms with E-state index in [0.717, 1.165) is 0 Å². The summed E-state index contributed by atoms with van der Waals surface area (Å²) in [6, 6.07) is 3.52. The third-order valence-corrected chi connectivity index (χ3v) is 3.04. The van der Waals surface area contributed by atoms with Crippen molar-refractivity contribution in [3.05, 3.63) is 23.8 Å². The van der Waals surface area contributed by atoms with Crippen molar-refractivity contribution < 1.29 is 19.8 Å². The normalized spacial score (nSPS) is 10.2. The molecule has 0 aliphatic heterocycles. The molecule has 0 radical (unpaired) electrons. The second-order valence-electron chi connectivity index (χ2n) is 4.35. The third kappa shape index (κ3) is 3.83. The number of amides is 4. The number of primary amides is 2. The van der Waals surface area contributed by atoms with Gasteiger partial charge in [-0.2, -0.15) is 0 Å². The van der Waals surface area contributed by atoms with Gasteiger partial charge in [0.25, 0.3) is 0 Å². The Morgan fingerprint density at radius 3 is 1.67 bits per heavy atom. The summed E-state index contributed by atoms with van der Waals surface area (Å²) in [6.07, 6.45) is 0. The zero-order valence-electron chi connectivity index (χ0n) is 11.8. The molecule has 0 fully saturated rings. The lowest BCUT2D eigenvalue weighted by atomic mass is 10.1. The summed E-state index contributed by atoms with van der Waals surface area (Å²) in [5.41, 5.74) is 12.1. The highest BCUT2D eigenvalue weighted by atomic mass is 16.3. The molecule has 1 aromatic rings. The van der Waals surface area contributed by atoms with E-state index in [2.05, 4.69) is 0 Å². The minimum absolute atomic E-state index is 0.0379. The number of nitrogens with zero attached hydrogens (tertiary/aromatic N) is 2. The highest BCUT2D eigenvalue weighted by Gasteiger charge is 2.20. The monoisotopic (exact) mass is 296 g/mol. The summed E-state index contributed by atoms with van der Waals surface area (Å²) >= 11 is 0. The summed E-state index contributed by atoms with van der Waals surface area (Å²) in [7, 11) is 0. The van der Waals surface area contributed by atoms with Gasteiger partial charge < -0.3 is 21.7 Å². The largest absolute Gasteiger partial charge is 0.395 e. The van der Waals surface area contributed by atoms with Gasteiger partial charge in [0.2, 0.25) is 0 Å². The first-order valence-electron chi connectivity index (χ1n) is 6.39. The number of nitrogens with two attached hydrogens (primary N) is 2. The second-order valence-corrected chi connectivity index (χ2v) is 4.35. The summed E-state index contributed by atoms with van der Waals surface area (Å²) in [5.74, 6) is 0. The predicted octanol–water partition coefficient (Wildman–Crippen LogP) is -0.250. The Balaban J connectivity index is 3.29. The maximum absolute atomic E-state index is 11.5. The van der Waals surface area contributed by atoms with Crippen LogP contribution in [-0.2, 0) is 0 Å². The molecule has 0 aliphatic carbocycles. The molecule has 0 saturated carbocycles. The van der Waals surface area contributed by atoms with Crippen molar-refractivity contribution in [2.75, 3.05) is 36.1 Å². The van der Waals surface area contributed by atoms with Crippen LogP contribution in [0, 0.1) is 6.92 Å². The molecule has 6 N–H and O–H groups in total. The first-order chi connectivity index (χ1) is 9.93. The fraction of sp³-hybridized carbons (Fsp3) is 0.385. The number of anilines is 2. The molecule has 0 saturated heterocycles. The number of benzene rings is 1. The molecule has 116 valence electrons. The number of hydrogen-bond donors (Lipinski definition) is 4. The Kier molecular flexibility index (Phi) is 5.94. The Bertz CT molecular complexity index is 479. The van der Waals surface area contributed by atoms with Gasteiger partial charge >= 0.3 is 12.1 Å². The Morgan fingerprint density at radius 1 is 1.00 bits per heavy atom. The fourth-order valence-electron chi connectivity index (χ4n) is 2.10. The van der Waals surface area contributed by atoms with E-state index < -0.39 is 12.1 Å². The first kappa shape index (κ1) is 16.7. The molecule has 1 rings (SSSR count). The van der Waals surface area contributed by atoms with E-state index >= 15 is 0 Å². The quantitative estimate of drug-likeness (QED) is 0.576. The maximum atomic E-state index is 11.5. The molecule has 1 aromatic carbocycles. The van der Waals surface area contributed by atoms with Crippen LogP contribution in [0.25, 0.3) is 0 Å². The third-order valence-electron chi connectivity index (χ3n) is 3.04. The minimum atomic E-state index is -0.711. The number of aliphatic hydroxyl groups is 2. The van der Waals surface area contributed by atoms with Crippen molar-refractivity contribution >= 4 is 23.4 Å². The summed E-state index contributed by atoms with van der Waals surface area (Å²) in [6.45, 7) is 1.28. The summed E-state index contributed by atoms with van der Waals surface area (Å²) in [5, 5.41) is 18.0. The number of rotatable bonds is 6. The van der Waals surface area contributed by atoms with Crippen LogP contribution in [0.15, 0.2) is 18.2 Å². The van der Waals surface area contributed by atoms with E-state index in [0.29, 0.717) is 16.9 Å². The van der Waals surface area contributed by atoms with E-state index in [9.17, 15) is 9.59 Å². The highest BCUT2D eigenvalue weighted by Crippen LogP contribution is 2.29. The standard InChI is InChI=1S/C13H20N4O4/c1-9-10(16(5-7-18)12(14)20)3-2-4-11(9)17(6-8-19)13(15)21/h2-4,18-19H,5-8H2,1H3,(H2,14,20)(H2,15,21). The van der Waals surface area contributed by atoms with Crippen LogP contribution in [0.3, 0.4) is 0 Å². The number of hydrogen-bond acceptors (Lipinski definition) is 4. The van der Waals surface area contributed by atoms with Crippen molar-refractivity contribution in [3.63, 3.8) is 0 Å². The molecular weight excluding hydrogens is 276 g/mol. The van der Waals surface area contributed by atoms with Gasteiger partial charge in [-0.3, -0.25) is 9.80 Å². The van der Waals surface area contributed by atoms with Gasteiger partial charge in [0.1, 0.15) is 0 Å². The first-order valence-corrected chi connectivity index (χ1v) is 6.39. The van der Waals surface area contributed by atoms with E-state index in [-0.39, 0.29) is 26.3 Å². The van der Waals surface area contributed by atoms with Crippen molar-refractivity contribution in [2.45, 2.75) is 6.92 Å². The highest BCUT2D eigenvalue weighted by molar-refractivity contribution is 5.96. The Morgan fingerprint density at radius 2 is 1.38 bits per heavy atom. The number of urea groups is 2. The molecule has 0 heterocycles. The van der Waals surface area contributed by atoms with E-state index in [4.69, 9.17) is 21.7 Å². The van der Waals surface area contributed by atoms with Gasteiger partial charge in [0, 0.05) is 0 Å². The molecule has 0 bridgehead atoms. The molecule has 0 atom stereocenters. The second kappa shape index (κ2) is 7.46. The average Bonchev–Trinajstić information content (AvgIpc) is 2.43. The van der Waals surface area contributed by atoms with Gasteiger partial charge in [-0.1, -0.05) is 6.07 Å². The van der Waals surface area contributed by atoms with Crippen LogP contribution in [0.1, 0.15) is 5.56 Å². The Labute approximate surface area is 122 Å². The number of carbonyl (C=O) groups is 2. The molecule has 0 unspecified atom stereocenters. The molecular formula is C13H20N4O4. The van der Waals surface area contributed by atoms with Crippen molar-refractivity contribution in [1.82, 2.24) is 0 Å². The smallest absolute Gasteiger partial charge is 0.319 e. The zero-order chi connectivity index (χ0) is 16.0. The lowest BCUT2D eigenvalue weighted by molar-refractivity contribution is 0.249. The van der Waals surface area contributed by atoms with Crippen LogP contribution < -0.4 is 21.3 Å². The lowest BCUT2D eigenvalue weighted by Crippen LogP contribution is -2.40. The van der Waals surface area contributed by atoms with Gasteiger partial charge in [-0.25, -0.2) is 9.59 Å². The van der Waals surface area contributed by atoms with Crippen LogP contribution in [0.4, 0.5) is 21.0 Å². The van der Waals surface area contributed by atoms with E-state index in [1.807, 2.05) is 0 Å². The van der Waals surface area contributed by atoms with Crippen LogP contribution in [-0.4, -0.2) is 48.6 Å². The molecule has 0 aliphatic rings. The molecule has 8 heteroatoms. The van der Waals surface area contributed by atoms with Gasteiger partial charge in [0.05, 0.1) is 37.7 Å². The minimum Gasteiger partial charge on any atom is -0.395 e. The maximum Gasteiger partial charge on any atom is 0.319 e.